The summed E-state index contributed by atoms with van der Waals surface area (Å²) in [5, 5.41) is 21.4. The van der Waals surface area contributed by atoms with E-state index in [-0.39, 0.29) is 17.5 Å². The molecule has 0 aliphatic carbocycles. The van der Waals surface area contributed by atoms with Crippen LogP contribution in [0.1, 0.15) is 17.2 Å². The molecule has 1 atom stereocenters. The summed E-state index contributed by atoms with van der Waals surface area (Å²) < 4.78 is 5.80. The summed E-state index contributed by atoms with van der Waals surface area (Å²) in [4.78, 5) is 22.9. The fourth-order valence-electron chi connectivity index (χ4n) is 2.99. The van der Waals surface area contributed by atoms with Crippen molar-refractivity contribution in [3.05, 3.63) is 79.9 Å². The molecule has 8 nitrogen and oxygen atoms in total. The van der Waals surface area contributed by atoms with Crippen molar-refractivity contribution in [3.8, 4) is 0 Å². The SMILES string of the molecule is O=[N+]([O-])c1ccc(CCN2CCOC(c3ccc([N+](=O)[O-])cc3)C2)cc1. The molecular formula is C18H19N3O5. The fourth-order valence-corrected chi connectivity index (χ4v) is 2.99. The van der Waals surface area contributed by atoms with E-state index in [9.17, 15) is 20.2 Å². The van der Waals surface area contributed by atoms with Gasteiger partial charge in [0.1, 0.15) is 0 Å². The van der Waals surface area contributed by atoms with Crippen molar-refractivity contribution >= 4 is 11.4 Å². The molecule has 1 aliphatic heterocycles. The number of hydrogen-bond acceptors (Lipinski definition) is 6. The maximum absolute atomic E-state index is 10.7. The highest BCUT2D eigenvalue weighted by Crippen LogP contribution is 2.24. The maximum Gasteiger partial charge on any atom is 0.269 e. The van der Waals surface area contributed by atoms with Crippen molar-refractivity contribution < 1.29 is 14.6 Å². The number of non-ortho nitro benzene ring substituents is 2. The number of benzene rings is 2. The van der Waals surface area contributed by atoms with Crippen LogP contribution in [0.5, 0.6) is 0 Å². The molecule has 0 bridgehead atoms. The molecule has 0 amide bonds. The predicted molar refractivity (Wildman–Crippen MR) is 95.0 cm³/mol. The summed E-state index contributed by atoms with van der Waals surface area (Å²) in [6.45, 7) is 2.95. The highest BCUT2D eigenvalue weighted by atomic mass is 16.6. The molecule has 0 aromatic heterocycles. The van der Waals surface area contributed by atoms with Gasteiger partial charge < -0.3 is 4.74 Å². The molecule has 1 unspecified atom stereocenters. The smallest absolute Gasteiger partial charge is 0.269 e. The highest BCUT2D eigenvalue weighted by molar-refractivity contribution is 5.34. The number of nitro benzene ring substituents is 2. The molecule has 1 fully saturated rings. The van der Waals surface area contributed by atoms with Gasteiger partial charge in [-0.15, -0.1) is 0 Å². The lowest BCUT2D eigenvalue weighted by Gasteiger charge is -2.33. The van der Waals surface area contributed by atoms with Gasteiger partial charge in [-0.05, 0) is 29.7 Å². The lowest BCUT2D eigenvalue weighted by atomic mass is 10.1. The van der Waals surface area contributed by atoms with Crippen LogP contribution in [-0.2, 0) is 11.2 Å². The number of nitro groups is 2. The van der Waals surface area contributed by atoms with Crippen molar-refractivity contribution in [2.24, 2.45) is 0 Å². The Bertz CT molecular complexity index is 776. The average Bonchev–Trinajstić information content (AvgIpc) is 2.67. The third-order valence-electron chi connectivity index (χ3n) is 4.49. The first-order valence-electron chi connectivity index (χ1n) is 8.34. The molecule has 0 saturated carbocycles. The van der Waals surface area contributed by atoms with Crippen molar-refractivity contribution in [1.29, 1.82) is 0 Å². The van der Waals surface area contributed by atoms with Crippen LogP contribution in [0, 0.1) is 20.2 Å². The molecular weight excluding hydrogens is 338 g/mol. The summed E-state index contributed by atoms with van der Waals surface area (Å²) in [6, 6.07) is 13.1. The first-order chi connectivity index (χ1) is 12.5. The van der Waals surface area contributed by atoms with Gasteiger partial charge in [0.05, 0.1) is 22.6 Å². The topological polar surface area (TPSA) is 98.8 Å². The number of rotatable bonds is 6. The van der Waals surface area contributed by atoms with Crippen LogP contribution < -0.4 is 0 Å². The summed E-state index contributed by atoms with van der Waals surface area (Å²) in [5.74, 6) is 0. The molecule has 26 heavy (non-hydrogen) atoms. The second-order valence-corrected chi connectivity index (χ2v) is 6.18. The first-order valence-corrected chi connectivity index (χ1v) is 8.34. The van der Waals surface area contributed by atoms with Crippen LogP contribution in [0.3, 0.4) is 0 Å². The minimum atomic E-state index is -0.415. The monoisotopic (exact) mass is 357 g/mol. The lowest BCUT2D eigenvalue weighted by Crippen LogP contribution is -2.39. The van der Waals surface area contributed by atoms with Gasteiger partial charge in [-0.25, -0.2) is 0 Å². The highest BCUT2D eigenvalue weighted by Gasteiger charge is 2.22. The Morgan fingerprint density at radius 2 is 1.54 bits per heavy atom. The number of nitrogens with zero attached hydrogens (tertiary/aromatic N) is 3. The molecule has 0 radical (unpaired) electrons. The maximum atomic E-state index is 10.7. The van der Waals surface area contributed by atoms with Crippen LogP contribution >= 0.6 is 0 Å². The van der Waals surface area contributed by atoms with Gasteiger partial charge in [-0.1, -0.05) is 12.1 Å². The van der Waals surface area contributed by atoms with Crippen molar-refractivity contribution in [3.63, 3.8) is 0 Å². The third-order valence-corrected chi connectivity index (χ3v) is 4.49. The molecule has 2 aromatic carbocycles. The molecule has 136 valence electrons. The molecule has 1 heterocycles. The van der Waals surface area contributed by atoms with Gasteiger partial charge in [0.2, 0.25) is 0 Å². The quantitative estimate of drug-likeness (QED) is 0.582. The minimum Gasteiger partial charge on any atom is -0.371 e. The average molecular weight is 357 g/mol. The molecule has 8 heteroatoms. The Kier molecular flexibility index (Phi) is 5.55. The summed E-state index contributed by atoms with van der Waals surface area (Å²) in [5.41, 5.74) is 2.14. The number of ether oxygens (including phenoxy) is 1. The predicted octanol–water partition coefficient (Wildman–Crippen LogP) is 3.12. The standard InChI is InChI=1S/C18H19N3O5/c22-20(23)16-5-1-14(2-6-16)9-10-19-11-12-26-18(13-19)15-3-7-17(8-4-15)21(24)25/h1-8,18H,9-13H2. The second-order valence-electron chi connectivity index (χ2n) is 6.18. The van der Waals surface area contributed by atoms with Gasteiger partial charge in [0, 0.05) is 43.9 Å². The van der Waals surface area contributed by atoms with E-state index < -0.39 is 9.85 Å². The normalized spacial score (nSPS) is 17.8. The van der Waals surface area contributed by atoms with Gasteiger partial charge >= 0.3 is 0 Å². The molecule has 1 saturated heterocycles. The Morgan fingerprint density at radius 3 is 2.12 bits per heavy atom. The van der Waals surface area contributed by atoms with E-state index in [0.717, 1.165) is 30.6 Å². The minimum absolute atomic E-state index is 0.0691. The third kappa shape index (κ3) is 4.41. The summed E-state index contributed by atoms with van der Waals surface area (Å²) >= 11 is 0. The largest absolute Gasteiger partial charge is 0.371 e. The van der Waals surface area contributed by atoms with E-state index in [2.05, 4.69) is 4.90 Å². The Balaban J connectivity index is 1.56. The zero-order chi connectivity index (χ0) is 18.5. The van der Waals surface area contributed by atoms with Crippen LogP contribution in [0.2, 0.25) is 0 Å². The Labute approximate surface area is 150 Å². The van der Waals surface area contributed by atoms with E-state index in [1.807, 2.05) is 0 Å². The molecule has 0 spiro atoms. The fraction of sp³-hybridized carbons (Fsp3) is 0.333. The van der Waals surface area contributed by atoms with Crippen LogP contribution in [-0.4, -0.2) is 41.0 Å². The Hall–Kier alpha value is -2.84. The molecule has 1 aliphatic rings. The van der Waals surface area contributed by atoms with Crippen LogP contribution in [0.25, 0.3) is 0 Å². The molecule has 2 aromatic rings. The van der Waals surface area contributed by atoms with Gasteiger partial charge in [0.15, 0.2) is 0 Å². The van der Waals surface area contributed by atoms with Gasteiger partial charge in [-0.3, -0.25) is 25.1 Å². The molecule has 3 rings (SSSR count). The van der Waals surface area contributed by atoms with Crippen LogP contribution in [0.4, 0.5) is 11.4 Å². The van der Waals surface area contributed by atoms with E-state index in [0.29, 0.717) is 13.2 Å². The van der Waals surface area contributed by atoms with Gasteiger partial charge in [-0.2, -0.15) is 0 Å². The van der Waals surface area contributed by atoms with E-state index in [1.165, 1.54) is 24.3 Å². The van der Waals surface area contributed by atoms with E-state index in [1.54, 1.807) is 24.3 Å². The lowest BCUT2D eigenvalue weighted by molar-refractivity contribution is -0.385. The van der Waals surface area contributed by atoms with E-state index in [4.69, 9.17) is 4.74 Å². The second kappa shape index (κ2) is 8.03. The van der Waals surface area contributed by atoms with E-state index >= 15 is 0 Å². The van der Waals surface area contributed by atoms with Crippen LogP contribution in [0.15, 0.2) is 48.5 Å². The number of hydrogen-bond donors (Lipinski definition) is 0. The summed E-state index contributed by atoms with van der Waals surface area (Å²) in [7, 11) is 0. The zero-order valence-corrected chi connectivity index (χ0v) is 14.1. The summed E-state index contributed by atoms with van der Waals surface area (Å²) in [6.07, 6.45) is 0.687. The van der Waals surface area contributed by atoms with Crippen molar-refractivity contribution in [2.75, 3.05) is 26.2 Å². The molecule has 0 N–H and O–H groups in total. The van der Waals surface area contributed by atoms with Crippen molar-refractivity contribution in [2.45, 2.75) is 12.5 Å². The first kappa shape index (κ1) is 18.0. The zero-order valence-electron chi connectivity index (χ0n) is 14.1. The van der Waals surface area contributed by atoms with Crippen molar-refractivity contribution in [1.82, 2.24) is 4.90 Å². The van der Waals surface area contributed by atoms with Gasteiger partial charge in [0.25, 0.3) is 11.4 Å². The number of morpholine rings is 1. The Morgan fingerprint density at radius 1 is 0.962 bits per heavy atom.